The second-order valence-electron chi connectivity index (χ2n) is 6.02. The topological polar surface area (TPSA) is 35.5 Å². The monoisotopic (exact) mass is 382 g/mol. The maximum Gasteiger partial charge on any atom is 0.338 e. The van der Waals surface area contributed by atoms with E-state index in [9.17, 15) is 13.6 Å². The fraction of sp³-hybridized carbons (Fsp3) is 0.174. The van der Waals surface area contributed by atoms with E-state index in [1.54, 1.807) is 50.2 Å². The molecule has 0 aliphatic rings. The molecule has 0 aromatic heterocycles. The van der Waals surface area contributed by atoms with Crippen molar-refractivity contribution in [2.75, 3.05) is 13.2 Å². The van der Waals surface area contributed by atoms with Crippen LogP contribution in [0.15, 0.2) is 60.7 Å². The Morgan fingerprint density at radius 3 is 2.07 bits per heavy atom. The van der Waals surface area contributed by atoms with E-state index >= 15 is 0 Å². The summed E-state index contributed by atoms with van der Waals surface area (Å²) in [5.41, 5.74) is 2.61. The van der Waals surface area contributed by atoms with E-state index in [0.717, 1.165) is 5.56 Å². The summed E-state index contributed by atoms with van der Waals surface area (Å²) in [4.78, 5) is 12.2. The molecular weight excluding hydrogens is 362 g/mol. The normalized spacial score (nSPS) is 10.6. The zero-order chi connectivity index (χ0) is 20.1. The first kappa shape index (κ1) is 19.5. The Kier molecular flexibility index (Phi) is 6.04. The molecule has 0 amide bonds. The van der Waals surface area contributed by atoms with Crippen LogP contribution < -0.4 is 4.74 Å². The van der Waals surface area contributed by atoms with E-state index < -0.39 is 17.6 Å². The van der Waals surface area contributed by atoms with Crippen LogP contribution in [0.2, 0.25) is 0 Å². The molecule has 0 unspecified atom stereocenters. The van der Waals surface area contributed by atoms with Crippen molar-refractivity contribution in [3.8, 4) is 28.0 Å². The van der Waals surface area contributed by atoms with E-state index in [1.807, 2.05) is 12.1 Å². The number of hydrogen-bond donors (Lipinski definition) is 0. The number of ether oxygens (including phenoxy) is 2. The van der Waals surface area contributed by atoms with Gasteiger partial charge in [-0.2, -0.15) is 4.39 Å². The third kappa shape index (κ3) is 3.88. The summed E-state index contributed by atoms with van der Waals surface area (Å²) in [5, 5.41) is 0. The van der Waals surface area contributed by atoms with E-state index in [2.05, 4.69) is 0 Å². The SMILES string of the molecule is CCOC(=O)c1ccccc1-c1ccc(-c2ccc(OCC)c(F)c2F)cc1. The van der Waals surface area contributed by atoms with Gasteiger partial charge in [0.15, 0.2) is 11.6 Å². The van der Waals surface area contributed by atoms with Gasteiger partial charge in [-0.05, 0) is 48.7 Å². The van der Waals surface area contributed by atoms with E-state index in [0.29, 0.717) is 16.7 Å². The van der Waals surface area contributed by atoms with Crippen LogP contribution in [-0.4, -0.2) is 19.2 Å². The smallest absolute Gasteiger partial charge is 0.338 e. The number of benzene rings is 3. The predicted molar refractivity (Wildman–Crippen MR) is 104 cm³/mol. The highest BCUT2D eigenvalue weighted by molar-refractivity contribution is 5.97. The minimum absolute atomic E-state index is 0.108. The average molecular weight is 382 g/mol. The summed E-state index contributed by atoms with van der Waals surface area (Å²) < 4.78 is 38.8. The van der Waals surface area contributed by atoms with Crippen LogP contribution in [0.5, 0.6) is 5.75 Å². The van der Waals surface area contributed by atoms with Gasteiger partial charge in [0.25, 0.3) is 0 Å². The third-order valence-electron chi connectivity index (χ3n) is 4.28. The number of carbonyl (C=O) groups is 1. The maximum absolute atomic E-state index is 14.4. The molecule has 144 valence electrons. The lowest BCUT2D eigenvalue weighted by atomic mass is 9.96. The van der Waals surface area contributed by atoms with Crippen molar-refractivity contribution in [1.82, 2.24) is 0 Å². The highest BCUT2D eigenvalue weighted by Crippen LogP contribution is 2.32. The molecule has 0 radical (unpaired) electrons. The Hall–Kier alpha value is -3.21. The summed E-state index contributed by atoms with van der Waals surface area (Å²) in [6, 6.07) is 16.9. The van der Waals surface area contributed by atoms with Crippen LogP contribution in [0.25, 0.3) is 22.3 Å². The van der Waals surface area contributed by atoms with Gasteiger partial charge in [0.2, 0.25) is 5.82 Å². The zero-order valence-electron chi connectivity index (χ0n) is 15.7. The molecule has 3 rings (SSSR count). The predicted octanol–water partition coefficient (Wildman–Crippen LogP) is 5.87. The number of rotatable bonds is 6. The molecule has 0 N–H and O–H groups in total. The summed E-state index contributed by atoms with van der Waals surface area (Å²) in [7, 11) is 0. The summed E-state index contributed by atoms with van der Waals surface area (Å²) in [5.74, 6) is -2.47. The molecule has 0 bridgehead atoms. The molecule has 0 spiro atoms. The van der Waals surface area contributed by atoms with Crippen molar-refractivity contribution >= 4 is 5.97 Å². The standard InChI is InChI=1S/C23H20F2O3/c1-3-27-20-14-13-18(21(24)22(20)25)16-11-9-15(10-12-16)17-7-5-6-8-19(17)23(26)28-4-2/h5-14H,3-4H2,1-2H3. The van der Waals surface area contributed by atoms with Gasteiger partial charge in [0.05, 0.1) is 18.8 Å². The van der Waals surface area contributed by atoms with Gasteiger partial charge in [-0.1, -0.05) is 42.5 Å². The summed E-state index contributed by atoms with van der Waals surface area (Å²) in [6.07, 6.45) is 0. The minimum atomic E-state index is -1.00. The molecule has 3 aromatic carbocycles. The molecular formula is C23H20F2O3. The largest absolute Gasteiger partial charge is 0.491 e. The van der Waals surface area contributed by atoms with Gasteiger partial charge >= 0.3 is 5.97 Å². The highest BCUT2D eigenvalue weighted by atomic mass is 19.2. The van der Waals surface area contributed by atoms with E-state index in [-0.39, 0.29) is 24.5 Å². The number of esters is 1. The summed E-state index contributed by atoms with van der Waals surface area (Å²) in [6.45, 7) is 4.00. The number of hydrogen-bond acceptors (Lipinski definition) is 3. The molecule has 0 saturated carbocycles. The Morgan fingerprint density at radius 1 is 0.786 bits per heavy atom. The highest BCUT2D eigenvalue weighted by Gasteiger charge is 2.17. The molecule has 0 aliphatic carbocycles. The fourth-order valence-electron chi connectivity index (χ4n) is 2.97. The maximum atomic E-state index is 14.4. The Balaban J connectivity index is 1.96. The zero-order valence-corrected chi connectivity index (χ0v) is 15.7. The van der Waals surface area contributed by atoms with Crippen LogP contribution in [0.4, 0.5) is 8.78 Å². The van der Waals surface area contributed by atoms with Crippen LogP contribution >= 0.6 is 0 Å². The first-order valence-corrected chi connectivity index (χ1v) is 9.04. The molecule has 5 heteroatoms. The molecule has 0 fully saturated rings. The lowest BCUT2D eigenvalue weighted by Crippen LogP contribution is -2.06. The first-order valence-electron chi connectivity index (χ1n) is 9.04. The van der Waals surface area contributed by atoms with Gasteiger partial charge in [0.1, 0.15) is 0 Å². The van der Waals surface area contributed by atoms with Crippen molar-refractivity contribution in [2.24, 2.45) is 0 Å². The molecule has 0 atom stereocenters. The molecule has 28 heavy (non-hydrogen) atoms. The van der Waals surface area contributed by atoms with Crippen LogP contribution in [0.3, 0.4) is 0 Å². The second-order valence-corrected chi connectivity index (χ2v) is 6.02. The van der Waals surface area contributed by atoms with Crippen molar-refractivity contribution in [3.63, 3.8) is 0 Å². The molecule has 3 aromatic rings. The van der Waals surface area contributed by atoms with Crippen LogP contribution in [0, 0.1) is 11.6 Å². The van der Waals surface area contributed by atoms with Crippen molar-refractivity contribution in [1.29, 1.82) is 0 Å². The minimum Gasteiger partial charge on any atom is -0.491 e. The number of carbonyl (C=O) groups excluding carboxylic acids is 1. The lowest BCUT2D eigenvalue weighted by molar-refractivity contribution is 0.0527. The third-order valence-corrected chi connectivity index (χ3v) is 4.28. The quantitative estimate of drug-likeness (QED) is 0.500. The van der Waals surface area contributed by atoms with Gasteiger partial charge in [0, 0.05) is 5.56 Å². The van der Waals surface area contributed by atoms with Crippen LogP contribution in [-0.2, 0) is 4.74 Å². The molecule has 3 nitrogen and oxygen atoms in total. The molecule has 0 saturated heterocycles. The summed E-state index contributed by atoms with van der Waals surface area (Å²) >= 11 is 0. The Bertz CT molecular complexity index is 982. The molecule has 0 heterocycles. The fourth-order valence-corrected chi connectivity index (χ4v) is 2.97. The Morgan fingerprint density at radius 2 is 1.43 bits per heavy atom. The van der Waals surface area contributed by atoms with Crippen LogP contribution in [0.1, 0.15) is 24.2 Å². The van der Waals surface area contributed by atoms with E-state index in [4.69, 9.17) is 9.47 Å². The van der Waals surface area contributed by atoms with Crippen molar-refractivity contribution in [2.45, 2.75) is 13.8 Å². The molecule has 0 aliphatic heterocycles. The average Bonchev–Trinajstić information content (AvgIpc) is 2.72. The van der Waals surface area contributed by atoms with Crippen molar-refractivity contribution < 1.29 is 23.0 Å². The van der Waals surface area contributed by atoms with Gasteiger partial charge in [-0.25, -0.2) is 9.18 Å². The first-order chi connectivity index (χ1) is 13.6. The van der Waals surface area contributed by atoms with Gasteiger partial charge < -0.3 is 9.47 Å². The second kappa shape index (κ2) is 8.65. The van der Waals surface area contributed by atoms with Gasteiger partial charge in [-0.3, -0.25) is 0 Å². The van der Waals surface area contributed by atoms with Crippen molar-refractivity contribution in [3.05, 3.63) is 77.9 Å². The lowest BCUT2D eigenvalue weighted by Gasteiger charge is -2.11. The Labute approximate surface area is 162 Å². The number of halogens is 2. The van der Waals surface area contributed by atoms with Gasteiger partial charge in [-0.15, -0.1) is 0 Å². The van der Waals surface area contributed by atoms with E-state index in [1.165, 1.54) is 12.1 Å².